The third-order valence-electron chi connectivity index (χ3n) is 4.23. The first-order valence-electron chi connectivity index (χ1n) is 8.56. The fourth-order valence-corrected chi connectivity index (χ4v) is 2.83. The Hall–Kier alpha value is -3.22. The molecular weight excluding hydrogens is 348 g/mol. The van der Waals surface area contributed by atoms with Crippen molar-refractivity contribution in [1.82, 2.24) is 5.32 Å². The second-order valence-corrected chi connectivity index (χ2v) is 6.24. The summed E-state index contributed by atoms with van der Waals surface area (Å²) in [7, 11) is 1.53. The Morgan fingerprint density at radius 1 is 1.15 bits per heavy atom. The molecule has 0 bridgehead atoms. The highest BCUT2D eigenvalue weighted by Gasteiger charge is 2.20. The minimum atomic E-state index is -0.272. The molecule has 3 rings (SSSR count). The van der Waals surface area contributed by atoms with Crippen molar-refractivity contribution in [3.05, 3.63) is 47.5 Å². The lowest BCUT2D eigenvalue weighted by atomic mass is 10.2. The second-order valence-electron chi connectivity index (χ2n) is 6.24. The Bertz CT molecular complexity index is 865. The normalized spacial score (nSPS) is 11.8. The summed E-state index contributed by atoms with van der Waals surface area (Å²) in [5.41, 5.74) is 2.43. The van der Waals surface area contributed by atoms with Crippen LogP contribution in [0.1, 0.15) is 18.1 Å². The standard InChI is InChI=1S/C20H22N2O5/c1-13-4-6-17(25-3)16(8-13)22(14(2)23)11-20(24)21-10-15-5-7-18-19(9-15)27-12-26-18/h4-9H,10-12H2,1-3H3,(H,21,24). The van der Waals surface area contributed by atoms with Gasteiger partial charge in [-0.25, -0.2) is 0 Å². The molecule has 2 aromatic rings. The number of ether oxygens (including phenoxy) is 3. The summed E-state index contributed by atoms with van der Waals surface area (Å²) >= 11 is 0. The minimum Gasteiger partial charge on any atom is -0.495 e. The summed E-state index contributed by atoms with van der Waals surface area (Å²) in [6.07, 6.45) is 0. The minimum absolute atomic E-state index is 0.0975. The fourth-order valence-electron chi connectivity index (χ4n) is 2.83. The first-order chi connectivity index (χ1) is 13.0. The number of nitrogens with one attached hydrogen (secondary N) is 1. The lowest BCUT2D eigenvalue weighted by Crippen LogP contribution is -2.39. The van der Waals surface area contributed by atoms with E-state index in [4.69, 9.17) is 14.2 Å². The number of fused-ring (bicyclic) bond motifs is 1. The lowest BCUT2D eigenvalue weighted by Gasteiger charge is -2.23. The number of aryl methyl sites for hydroxylation is 1. The van der Waals surface area contributed by atoms with Crippen LogP contribution in [0.4, 0.5) is 5.69 Å². The molecule has 1 heterocycles. The van der Waals surface area contributed by atoms with Crippen LogP contribution in [0.2, 0.25) is 0 Å². The molecule has 1 N–H and O–H groups in total. The zero-order valence-electron chi connectivity index (χ0n) is 15.6. The number of carbonyl (C=O) groups excluding carboxylic acids is 2. The number of hydrogen-bond acceptors (Lipinski definition) is 5. The van der Waals surface area contributed by atoms with Crippen LogP contribution in [0, 0.1) is 6.92 Å². The molecule has 0 spiro atoms. The number of nitrogens with zero attached hydrogens (tertiary/aromatic N) is 1. The molecule has 0 saturated carbocycles. The molecule has 0 fully saturated rings. The number of hydrogen-bond donors (Lipinski definition) is 1. The predicted octanol–water partition coefficient (Wildman–Crippen LogP) is 2.40. The van der Waals surface area contributed by atoms with Crippen LogP contribution in [0.5, 0.6) is 17.2 Å². The molecule has 142 valence electrons. The van der Waals surface area contributed by atoms with E-state index in [0.717, 1.165) is 11.1 Å². The van der Waals surface area contributed by atoms with E-state index in [-0.39, 0.29) is 25.2 Å². The maximum absolute atomic E-state index is 12.4. The summed E-state index contributed by atoms with van der Waals surface area (Å²) in [4.78, 5) is 25.9. The number of benzene rings is 2. The van der Waals surface area contributed by atoms with Crippen molar-refractivity contribution in [2.75, 3.05) is 25.3 Å². The van der Waals surface area contributed by atoms with Gasteiger partial charge in [-0.05, 0) is 42.3 Å². The molecule has 0 radical (unpaired) electrons. The molecule has 0 aromatic heterocycles. The van der Waals surface area contributed by atoms with Crippen molar-refractivity contribution in [2.24, 2.45) is 0 Å². The first kappa shape index (κ1) is 18.6. The Morgan fingerprint density at radius 2 is 1.93 bits per heavy atom. The molecule has 1 aliphatic heterocycles. The van der Waals surface area contributed by atoms with Gasteiger partial charge in [-0.3, -0.25) is 14.5 Å². The van der Waals surface area contributed by atoms with Crippen molar-refractivity contribution < 1.29 is 23.8 Å². The van der Waals surface area contributed by atoms with Crippen LogP contribution >= 0.6 is 0 Å². The number of rotatable bonds is 6. The van der Waals surface area contributed by atoms with Crippen molar-refractivity contribution in [1.29, 1.82) is 0 Å². The van der Waals surface area contributed by atoms with Crippen LogP contribution in [0.15, 0.2) is 36.4 Å². The molecule has 0 unspecified atom stereocenters. The van der Waals surface area contributed by atoms with Gasteiger partial charge in [0.2, 0.25) is 18.6 Å². The second kappa shape index (κ2) is 7.99. The average molecular weight is 370 g/mol. The summed E-state index contributed by atoms with van der Waals surface area (Å²) < 4.78 is 15.9. The van der Waals surface area contributed by atoms with Gasteiger partial charge in [0.1, 0.15) is 12.3 Å². The SMILES string of the molecule is COc1ccc(C)cc1N(CC(=O)NCc1ccc2c(c1)OCO2)C(C)=O. The van der Waals surface area contributed by atoms with Gasteiger partial charge in [-0.1, -0.05) is 12.1 Å². The van der Waals surface area contributed by atoms with Crippen molar-refractivity contribution in [3.63, 3.8) is 0 Å². The van der Waals surface area contributed by atoms with Gasteiger partial charge in [0.25, 0.3) is 0 Å². The molecule has 0 saturated heterocycles. The average Bonchev–Trinajstić information content (AvgIpc) is 3.12. The third-order valence-corrected chi connectivity index (χ3v) is 4.23. The van der Waals surface area contributed by atoms with Crippen LogP contribution in [-0.2, 0) is 16.1 Å². The fraction of sp³-hybridized carbons (Fsp3) is 0.300. The molecule has 2 amide bonds. The topological polar surface area (TPSA) is 77.1 Å². The van der Waals surface area contributed by atoms with Crippen LogP contribution in [0.25, 0.3) is 0 Å². The van der Waals surface area contributed by atoms with Gasteiger partial charge in [0, 0.05) is 13.5 Å². The van der Waals surface area contributed by atoms with E-state index in [9.17, 15) is 9.59 Å². The Morgan fingerprint density at radius 3 is 2.67 bits per heavy atom. The maximum atomic E-state index is 12.4. The predicted molar refractivity (Wildman–Crippen MR) is 100 cm³/mol. The van der Waals surface area contributed by atoms with E-state index in [1.807, 2.05) is 37.3 Å². The number of anilines is 1. The maximum Gasteiger partial charge on any atom is 0.240 e. The van der Waals surface area contributed by atoms with Crippen LogP contribution in [-0.4, -0.2) is 32.3 Å². The van der Waals surface area contributed by atoms with Gasteiger partial charge in [0.15, 0.2) is 11.5 Å². The lowest BCUT2D eigenvalue weighted by molar-refractivity contribution is -0.123. The monoisotopic (exact) mass is 370 g/mol. The van der Waals surface area contributed by atoms with Gasteiger partial charge >= 0.3 is 0 Å². The zero-order chi connectivity index (χ0) is 19.4. The Kier molecular flexibility index (Phi) is 5.49. The van der Waals surface area contributed by atoms with Crippen molar-refractivity contribution in [2.45, 2.75) is 20.4 Å². The van der Waals surface area contributed by atoms with Crippen molar-refractivity contribution in [3.8, 4) is 17.2 Å². The van der Waals surface area contributed by atoms with E-state index in [0.29, 0.717) is 29.5 Å². The van der Waals surface area contributed by atoms with Gasteiger partial charge < -0.3 is 19.5 Å². The number of amides is 2. The smallest absolute Gasteiger partial charge is 0.240 e. The number of carbonyl (C=O) groups is 2. The first-order valence-corrected chi connectivity index (χ1v) is 8.56. The summed E-state index contributed by atoms with van der Waals surface area (Å²) in [6.45, 7) is 3.77. The van der Waals surface area contributed by atoms with Crippen molar-refractivity contribution >= 4 is 17.5 Å². The molecule has 1 aliphatic rings. The quantitative estimate of drug-likeness (QED) is 0.845. The number of methoxy groups -OCH3 is 1. The summed E-state index contributed by atoms with van der Waals surface area (Å²) in [5.74, 6) is 1.39. The van der Waals surface area contributed by atoms with Gasteiger partial charge in [-0.15, -0.1) is 0 Å². The highest BCUT2D eigenvalue weighted by Crippen LogP contribution is 2.32. The Labute approximate surface area is 157 Å². The molecular formula is C20H22N2O5. The molecule has 7 nitrogen and oxygen atoms in total. The largest absolute Gasteiger partial charge is 0.495 e. The zero-order valence-corrected chi connectivity index (χ0v) is 15.6. The van der Waals surface area contributed by atoms with E-state index < -0.39 is 0 Å². The molecule has 2 aromatic carbocycles. The van der Waals surface area contributed by atoms with Crippen LogP contribution < -0.4 is 24.4 Å². The molecule has 7 heteroatoms. The summed E-state index contributed by atoms with van der Waals surface area (Å²) in [5, 5.41) is 2.83. The molecule has 0 atom stereocenters. The highest BCUT2D eigenvalue weighted by molar-refractivity contribution is 5.98. The molecule has 0 aliphatic carbocycles. The van der Waals surface area contributed by atoms with Gasteiger partial charge in [-0.2, -0.15) is 0 Å². The molecule has 27 heavy (non-hydrogen) atoms. The van der Waals surface area contributed by atoms with Crippen LogP contribution in [0.3, 0.4) is 0 Å². The Balaban J connectivity index is 1.67. The van der Waals surface area contributed by atoms with E-state index >= 15 is 0 Å². The van der Waals surface area contributed by atoms with E-state index in [1.165, 1.54) is 18.9 Å². The highest BCUT2D eigenvalue weighted by atomic mass is 16.7. The van der Waals surface area contributed by atoms with E-state index in [2.05, 4.69) is 5.32 Å². The van der Waals surface area contributed by atoms with E-state index in [1.54, 1.807) is 6.07 Å². The van der Waals surface area contributed by atoms with Gasteiger partial charge in [0.05, 0.1) is 12.8 Å². The summed E-state index contributed by atoms with van der Waals surface area (Å²) in [6, 6.07) is 11.0. The third kappa shape index (κ3) is 4.31.